The number of halogens is 1. The second-order valence-electron chi connectivity index (χ2n) is 10.9. The highest BCUT2D eigenvalue weighted by molar-refractivity contribution is 7.10. The van der Waals surface area contributed by atoms with Gasteiger partial charge in [-0.25, -0.2) is 0 Å². The molecule has 5 rings (SSSR count). The number of aromatic hydroxyl groups is 1. The van der Waals surface area contributed by atoms with Crippen molar-refractivity contribution in [2.24, 2.45) is 15.7 Å². The lowest BCUT2D eigenvalue weighted by atomic mass is 9.97. The van der Waals surface area contributed by atoms with E-state index in [2.05, 4.69) is 38.8 Å². The molecule has 3 atom stereocenters. The Kier molecular flexibility index (Phi) is 12.8. The van der Waals surface area contributed by atoms with Crippen molar-refractivity contribution >= 4 is 51.3 Å². The van der Waals surface area contributed by atoms with Crippen LogP contribution in [-0.4, -0.2) is 90.2 Å². The fourth-order valence-electron chi connectivity index (χ4n) is 5.62. The summed E-state index contributed by atoms with van der Waals surface area (Å²) in [4.78, 5) is 37.1. The first-order valence-corrected chi connectivity index (χ1v) is 16.5. The molecule has 0 bridgehead atoms. The van der Waals surface area contributed by atoms with Crippen molar-refractivity contribution < 1.29 is 19.4 Å². The van der Waals surface area contributed by atoms with Crippen LogP contribution in [0.1, 0.15) is 55.5 Å². The third-order valence-electron chi connectivity index (χ3n) is 7.80. The minimum absolute atomic E-state index is 0.0336. The van der Waals surface area contributed by atoms with E-state index in [-0.39, 0.29) is 40.9 Å². The third-order valence-corrected chi connectivity index (χ3v) is 8.60. The number of hydrogen-bond donors (Lipinski definition) is 6. The van der Waals surface area contributed by atoms with E-state index in [0.717, 1.165) is 48.0 Å². The van der Waals surface area contributed by atoms with Crippen LogP contribution in [0.4, 0.5) is 10.7 Å². The van der Waals surface area contributed by atoms with Crippen LogP contribution in [0.3, 0.4) is 0 Å². The van der Waals surface area contributed by atoms with Crippen LogP contribution in [0.2, 0.25) is 0 Å². The fourth-order valence-corrected chi connectivity index (χ4v) is 6.38. The number of methoxy groups -OCH3 is 1. The topological polar surface area (TPSA) is 179 Å². The maximum atomic E-state index is 13.7. The molecule has 0 saturated carbocycles. The van der Waals surface area contributed by atoms with Crippen molar-refractivity contribution in [1.29, 1.82) is 0 Å². The molecule has 1 saturated heterocycles. The molecule has 4 heterocycles. The van der Waals surface area contributed by atoms with Gasteiger partial charge in [0.15, 0.2) is 6.23 Å². The highest BCUT2D eigenvalue weighted by Crippen LogP contribution is 2.33. The zero-order valence-electron chi connectivity index (χ0n) is 26.4. The van der Waals surface area contributed by atoms with E-state index < -0.39 is 6.23 Å². The number of carbonyl (C=O) groups excluding carboxylic acids is 1. The number of nitrogens with two attached hydrogens (primary N) is 1. The SMILES string of the molecule is C=CCl.CCC1=NC(C)NC2=C(C1)C(OC)N(C(=O)c1ccc(Nc3s[nH]c(=O)c3C(N)=NCCC3CNCCO3)c(O)c1)CC2. The number of rotatable bonds is 9. The summed E-state index contributed by atoms with van der Waals surface area (Å²) in [6, 6.07) is 4.65. The van der Waals surface area contributed by atoms with Crippen molar-refractivity contribution in [3.05, 3.63) is 63.1 Å². The molecule has 0 spiro atoms. The molecular formula is C31H43ClN8O5S. The van der Waals surface area contributed by atoms with Crippen molar-refractivity contribution in [2.45, 2.75) is 58.0 Å². The van der Waals surface area contributed by atoms with E-state index in [1.807, 2.05) is 6.92 Å². The molecule has 3 unspecified atom stereocenters. The first-order chi connectivity index (χ1) is 22.2. The summed E-state index contributed by atoms with van der Waals surface area (Å²) in [5.41, 5.74) is 11.0. The summed E-state index contributed by atoms with van der Waals surface area (Å²) in [6.45, 7) is 10.3. The molecule has 46 heavy (non-hydrogen) atoms. The molecule has 7 N–H and O–H groups in total. The lowest BCUT2D eigenvalue weighted by Crippen LogP contribution is -2.48. The lowest BCUT2D eigenvalue weighted by Gasteiger charge is -2.38. The molecule has 1 aromatic carbocycles. The highest BCUT2D eigenvalue weighted by Gasteiger charge is 2.35. The Hall–Kier alpha value is -3.69. The number of phenolic OH excluding ortho intramolecular Hbond substituents is 1. The molecule has 0 radical (unpaired) electrons. The molecule has 13 nitrogen and oxygen atoms in total. The van der Waals surface area contributed by atoms with Crippen molar-refractivity contribution in [3.8, 4) is 5.75 Å². The van der Waals surface area contributed by atoms with Crippen molar-refractivity contribution in [1.82, 2.24) is 19.9 Å². The first kappa shape index (κ1) is 35.2. The van der Waals surface area contributed by atoms with E-state index >= 15 is 0 Å². The number of aromatic amines is 1. The molecule has 0 aliphatic carbocycles. The Labute approximate surface area is 277 Å². The number of H-pyrrole nitrogens is 1. The number of aromatic nitrogens is 1. The Balaban J connectivity index is 0.00000154. The summed E-state index contributed by atoms with van der Waals surface area (Å²) in [5.74, 6) is -0.303. The number of amides is 1. The number of anilines is 2. The molecule has 15 heteroatoms. The largest absolute Gasteiger partial charge is 0.506 e. The molecule has 2 aromatic rings. The number of hydrogen-bond acceptors (Lipinski definition) is 11. The molecule has 1 amide bonds. The molecule has 3 aliphatic heterocycles. The summed E-state index contributed by atoms with van der Waals surface area (Å²) in [6.07, 6.45) is 2.27. The van der Waals surface area contributed by atoms with Crippen LogP contribution in [0.25, 0.3) is 0 Å². The van der Waals surface area contributed by atoms with Gasteiger partial charge in [-0.05, 0) is 55.0 Å². The van der Waals surface area contributed by atoms with E-state index in [1.54, 1.807) is 24.1 Å². The van der Waals surface area contributed by atoms with E-state index in [9.17, 15) is 14.7 Å². The van der Waals surface area contributed by atoms with Gasteiger partial charge in [-0.2, -0.15) is 0 Å². The molecular weight excluding hydrogens is 632 g/mol. The van der Waals surface area contributed by atoms with Crippen LogP contribution in [-0.2, 0) is 9.47 Å². The number of morpholine rings is 1. The number of phenols is 1. The third kappa shape index (κ3) is 8.56. The second kappa shape index (κ2) is 16.7. The van der Waals surface area contributed by atoms with Gasteiger partial charge >= 0.3 is 0 Å². The normalized spacial score (nSPS) is 21.7. The summed E-state index contributed by atoms with van der Waals surface area (Å²) in [7, 11) is 1.60. The standard InChI is InChI=1S/C29H40N8O5S.C2H3Cl/c1-4-18-14-20-21(34-16(2)33-18)8-11-37(29(20)41-3)28(40)17-5-6-22(23(38)13-17)35-27-24(26(39)36-43-27)25(30)32-9-7-19-15-31-10-12-42-19;1-2-3/h5-6,13,16,19,29,31,34-35,38H,4,7-12,14-15H2,1-3H3,(H2,30,32)(H,36,39);2H,1H2. The lowest BCUT2D eigenvalue weighted by molar-refractivity contribution is -0.00629. The van der Waals surface area contributed by atoms with Crippen LogP contribution in [0, 0.1) is 0 Å². The Bertz CT molecular complexity index is 1530. The fraction of sp³-hybridized carbons (Fsp3) is 0.484. The van der Waals surface area contributed by atoms with Gasteiger partial charge in [-0.3, -0.25) is 23.9 Å². The number of nitrogens with zero attached hydrogens (tertiary/aromatic N) is 3. The van der Waals surface area contributed by atoms with E-state index in [4.69, 9.17) is 31.8 Å². The second-order valence-corrected chi connectivity index (χ2v) is 12.0. The number of benzene rings is 1. The predicted molar refractivity (Wildman–Crippen MR) is 184 cm³/mol. The maximum Gasteiger partial charge on any atom is 0.271 e. The van der Waals surface area contributed by atoms with E-state index in [1.165, 1.54) is 11.6 Å². The molecule has 250 valence electrons. The van der Waals surface area contributed by atoms with E-state index in [0.29, 0.717) is 55.2 Å². The predicted octanol–water partition coefficient (Wildman–Crippen LogP) is 3.60. The zero-order chi connectivity index (χ0) is 33.2. The van der Waals surface area contributed by atoms with Gasteiger partial charge in [0.1, 0.15) is 28.3 Å². The van der Waals surface area contributed by atoms with Crippen LogP contribution in [0.15, 0.2) is 56.4 Å². The molecule has 1 fully saturated rings. The average molecular weight is 675 g/mol. The number of nitrogens with one attached hydrogen (secondary N) is 4. The first-order valence-electron chi connectivity index (χ1n) is 15.2. The Morgan fingerprint density at radius 1 is 1.43 bits per heavy atom. The zero-order valence-corrected chi connectivity index (χ0v) is 28.0. The van der Waals surface area contributed by atoms with Gasteiger partial charge in [0, 0.05) is 68.7 Å². The Morgan fingerprint density at radius 3 is 2.89 bits per heavy atom. The number of ether oxygens (including phenoxy) is 2. The van der Waals surface area contributed by atoms with Gasteiger partial charge in [-0.15, -0.1) is 0 Å². The average Bonchev–Trinajstić information content (AvgIpc) is 3.32. The minimum Gasteiger partial charge on any atom is -0.506 e. The van der Waals surface area contributed by atoms with Gasteiger partial charge < -0.3 is 41.2 Å². The minimum atomic E-state index is -0.548. The van der Waals surface area contributed by atoms with Crippen LogP contribution in [0.5, 0.6) is 5.75 Å². The summed E-state index contributed by atoms with van der Waals surface area (Å²) in [5, 5.41) is 21.1. The number of carbonyl (C=O) groups is 1. The van der Waals surface area contributed by atoms with Crippen LogP contribution < -0.4 is 27.2 Å². The van der Waals surface area contributed by atoms with Gasteiger partial charge in [-0.1, -0.05) is 25.1 Å². The smallest absolute Gasteiger partial charge is 0.271 e. The summed E-state index contributed by atoms with van der Waals surface area (Å²) < 4.78 is 14.2. The molecule has 1 aromatic heterocycles. The van der Waals surface area contributed by atoms with Crippen molar-refractivity contribution in [3.63, 3.8) is 0 Å². The van der Waals surface area contributed by atoms with Crippen molar-refractivity contribution in [2.75, 3.05) is 45.2 Å². The monoisotopic (exact) mass is 674 g/mol. The van der Waals surface area contributed by atoms with Gasteiger partial charge in [0.2, 0.25) is 0 Å². The van der Waals surface area contributed by atoms with Crippen LogP contribution >= 0.6 is 23.1 Å². The molecule has 3 aliphatic rings. The maximum absolute atomic E-state index is 13.7. The van der Waals surface area contributed by atoms with Gasteiger partial charge in [0.25, 0.3) is 11.5 Å². The quantitative estimate of drug-likeness (QED) is 0.132. The Morgan fingerprint density at radius 2 is 2.22 bits per heavy atom. The number of aliphatic imine (C=N–C) groups is 2. The number of amidine groups is 1. The summed E-state index contributed by atoms with van der Waals surface area (Å²) >= 11 is 5.82. The highest BCUT2D eigenvalue weighted by atomic mass is 35.5. The van der Waals surface area contributed by atoms with Gasteiger partial charge in [0.05, 0.1) is 18.4 Å².